The summed E-state index contributed by atoms with van der Waals surface area (Å²) in [7, 11) is -3.82. The van der Waals surface area contributed by atoms with Gasteiger partial charge in [-0.2, -0.15) is 0 Å². The largest absolute Gasteiger partial charge is 0.480 e. The summed E-state index contributed by atoms with van der Waals surface area (Å²) in [4.78, 5) is 20.8. The molecule has 0 amide bonds. The molecule has 0 aliphatic rings. The maximum Gasteiger partial charge on any atom is 0.321 e. The number of carboxylic acid groups (broad SMARTS) is 1. The normalized spacial score (nSPS) is 12.8. The van der Waals surface area contributed by atoms with E-state index in [2.05, 4.69) is 0 Å². The van der Waals surface area contributed by atoms with Crippen LogP contribution < -0.4 is 4.72 Å². The van der Waals surface area contributed by atoms with E-state index < -0.39 is 32.7 Å². The minimum atomic E-state index is -3.82. The monoisotopic (exact) mass is 302 g/mol. The van der Waals surface area contributed by atoms with Crippen LogP contribution in [0.15, 0.2) is 24.3 Å². The summed E-state index contributed by atoms with van der Waals surface area (Å²) in [5.41, 5.74) is 0.125. The Hall–Kier alpha value is -2.00. The predicted octanol–water partition coefficient (Wildman–Crippen LogP) is 0.530. The first-order valence-corrected chi connectivity index (χ1v) is 7.33. The zero-order valence-corrected chi connectivity index (χ0v) is 11.5. The first-order valence-electron chi connectivity index (χ1n) is 5.68. The number of para-hydroxylation sites is 1. The van der Waals surface area contributed by atoms with E-state index in [1.54, 1.807) is 6.07 Å². The van der Waals surface area contributed by atoms with Crippen LogP contribution >= 0.6 is 0 Å². The molecule has 0 aliphatic carbocycles. The average molecular weight is 302 g/mol. The molecule has 0 heterocycles. The van der Waals surface area contributed by atoms with E-state index in [9.17, 15) is 23.3 Å². The molecule has 8 nitrogen and oxygen atoms in total. The highest BCUT2D eigenvalue weighted by atomic mass is 32.2. The molecular weight excluding hydrogens is 288 g/mol. The van der Waals surface area contributed by atoms with E-state index in [4.69, 9.17) is 5.11 Å². The summed E-state index contributed by atoms with van der Waals surface area (Å²) in [6.45, 7) is 1.20. The standard InChI is InChI=1S/C11H14N2O6S/c1-8(11(14)15)12-20(18,19)7-6-9-4-2-3-5-10(9)13(16)17/h2-5,8,12H,6-7H2,1H3,(H,14,15)/t8-/m0/s1. The van der Waals surface area contributed by atoms with Crippen LogP contribution in [0.25, 0.3) is 0 Å². The number of benzene rings is 1. The van der Waals surface area contributed by atoms with Gasteiger partial charge in [-0.15, -0.1) is 0 Å². The van der Waals surface area contributed by atoms with Crippen LogP contribution in [-0.4, -0.2) is 36.2 Å². The van der Waals surface area contributed by atoms with Crippen molar-refractivity contribution in [3.63, 3.8) is 0 Å². The number of nitro benzene ring substituents is 1. The van der Waals surface area contributed by atoms with E-state index in [0.717, 1.165) is 0 Å². The lowest BCUT2D eigenvalue weighted by Crippen LogP contribution is -2.39. The Morgan fingerprint density at radius 1 is 1.45 bits per heavy atom. The second-order valence-electron chi connectivity index (χ2n) is 4.13. The number of aliphatic carboxylic acids is 1. The molecule has 9 heteroatoms. The Kier molecular flexibility index (Phi) is 5.17. The van der Waals surface area contributed by atoms with Gasteiger partial charge in [0.2, 0.25) is 10.0 Å². The van der Waals surface area contributed by atoms with Crippen molar-refractivity contribution in [2.45, 2.75) is 19.4 Å². The molecule has 1 rings (SSSR count). The molecule has 1 atom stereocenters. The highest BCUT2D eigenvalue weighted by Gasteiger charge is 2.21. The lowest BCUT2D eigenvalue weighted by molar-refractivity contribution is -0.385. The van der Waals surface area contributed by atoms with Crippen molar-refractivity contribution in [1.29, 1.82) is 0 Å². The quantitative estimate of drug-likeness (QED) is 0.558. The summed E-state index contributed by atoms with van der Waals surface area (Å²) < 4.78 is 25.3. The van der Waals surface area contributed by atoms with E-state index >= 15 is 0 Å². The number of hydrogen-bond acceptors (Lipinski definition) is 5. The minimum absolute atomic E-state index is 0.0706. The predicted molar refractivity (Wildman–Crippen MR) is 70.8 cm³/mol. The number of hydrogen-bond donors (Lipinski definition) is 2. The third kappa shape index (κ3) is 4.59. The van der Waals surface area contributed by atoms with Crippen molar-refractivity contribution < 1.29 is 23.2 Å². The number of carboxylic acids is 1. The van der Waals surface area contributed by atoms with Crippen LogP contribution in [0.1, 0.15) is 12.5 Å². The molecule has 0 spiro atoms. The van der Waals surface area contributed by atoms with Gasteiger partial charge in [-0.05, 0) is 13.3 Å². The van der Waals surface area contributed by atoms with Crippen molar-refractivity contribution >= 4 is 21.7 Å². The molecule has 20 heavy (non-hydrogen) atoms. The number of nitrogens with one attached hydrogen (secondary N) is 1. The van der Waals surface area contributed by atoms with Crippen molar-refractivity contribution in [3.05, 3.63) is 39.9 Å². The van der Waals surface area contributed by atoms with Gasteiger partial charge in [-0.3, -0.25) is 14.9 Å². The van der Waals surface area contributed by atoms with E-state index in [-0.39, 0.29) is 17.7 Å². The fraction of sp³-hybridized carbons (Fsp3) is 0.364. The molecule has 0 fully saturated rings. The highest BCUT2D eigenvalue weighted by Crippen LogP contribution is 2.18. The van der Waals surface area contributed by atoms with Crippen molar-refractivity contribution in [3.8, 4) is 0 Å². The lowest BCUT2D eigenvalue weighted by Gasteiger charge is -2.10. The highest BCUT2D eigenvalue weighted by molar-refractivity contribution is 7.89. The van der Waals surface area contributed by atoms with Crippen molar-refractivity contribution in [2.24, 2.45) is 0 Å². The SMILES string of the molecule is C[C@H](NS(=O)(=O)CCc1ccccc1[N+](=O)[O-])C(=O)O. The van der Waals surface area contributed by atoms with Gasteiger partial charge in [0.05, 0.1) is 10.7 Å². The third-order valence-electron chi connectivity index (χ3n) is 2.56. The molecule has 0 radical (unpaired) electrons. The van der Waals surface area contributed by atoms with Crippen LogP contribution in [0.4, 0.5) is 5.69 Å². The number of sulfonamides is 1. The van der Waals surface area contributed by atoms with Crippen LogP contribution in [-0.2, 0) is 21.2 Å². The van der Waals surface area contributed by atoms with Gasteiger partial charge >= 0.3 is 5.97 Å². The number of rotatable bonds is 7. The van der Waals surface area contributed by atoms with E-state index in [1.165, 1.54) is 25.1 Å². The molecule has 0 bridgehead atoms. The molecule has 1 aromatic carbocycles. The third-order valence-corrected chi connectivity index (χ3v) is 4.01. The van der Waals surface area contributed by atoms with Gasteiger partial charge in [0.25, 0.3) is 5.69 Å². The fourth-order valence-corrected chi connectivity index (χ4v) is 2.77. The number of aryl methyl sites for hydroxylation is 1. The Morgan fingerprint density at radius 2 is 2.05 bits per heavy atom. The summed E-state index contributed by atoms with van der Waals surface area (Å²) in [6, 6.07) is 4.57. The molecule has 0 aliphatic heterocycles. The van der Waals surface area contributed by atoms with E-state index in [0.29, 0.717) is 0 Å². The first kappa shape index (κ1) is 16.1. The van der Waals surface area contributed by atoms with Crippen LogP contribution in [0.3, 0.4) is 0 Å². The maximum atomic E-state index is 11.7. The topological polar surface area (TPSA) is 127 Å². The van der Waals surface area contributed by atoms with Crippen LogP contribution in [0.2, 0.25) is 0 Å². The Bertz CT molecular complexity index is 613. The van der Waals surface area contributed by atoms with Gasteiger partial charge in [0.1, 0.15) is 6.04 Å². The molecular formula is C11H14N2O6S. The maximum absolute atomic E-state index is 11.7. The van der Waals surface area contributed by atoms with Crippen molar-refractivity contribution in [1.82, 2.24) is 4.72 Å². The minimum Gasteiger partial charge on any atom is -0.480 e. The molecule has 0 saturated heterocycles. The summed E-state index contributed by atoms with van der Waals surface area (Å²) in [6.07, 6.45) is -0.0706. The number of nitro groups is 1. The Balaban J connectivity index is 2.77. The Morgan fingerprint density at radius 3 is 2.60 bits per heavy atom. The fourth-order valence-electron chi connectivity index (χ4n) is 1.52. The number of carbonyl (C=O) groups is 1. The van der Waals surface area contributed by atoms with Crippen LogP contribution in [0, 0.1) is 10.1 Å². The van der Waals surface area contributed by atoms with E-state index in [1.807, 2.05) is 4.72 Å². The second-order valence-corrected chi connectivity index (χ2v) is 6.01. The molecule has 1 aromatic rings. The zero-order valence-electron chi connectivity index (χ0n) is 10.6. The number of nitrogens with zero attached hydrogens (tertiary/aromatic N) is 1. The van der Waals surface area contributed by atoms with Crippen LogP contribution in [0.5, 0.6) is 0 Å². The first-order chi connectivity index (χ1) is 9.23. The van der Waals surface area contributed by atoms with Gasteiger partial charge in [0, 0.05) is 11.6 Å². The summed E-state index contributed by atoms with van der Waals surface area (Å²) in [5.74, 6) is -1.71. The smallest absolute Gasteiger partial charge is 0.321 e. The summed E-state index contributed by atoms with van der Waals surface area (Å²) in [5, 5.41) is 19.4. The van der Waals surface area contributed by atoms with Gasteiger partial charge in [-0.1, -0.05) is 18.2 Å². The second kappa shape index (κ2) is 6.44. The molecule has 0 unspecified atom stereocenters. The van der Waals surface area contributed by atoms with Gasteiger partial charge in [-0.25, -0.2) is 13.1 Å². The van der Waals surface area contributed by atoms with Gasteiger partial charge in [0.15, 0.2) is 0 Å². The molecule has 110 valence electrons. The zero-order chi connectivity index (χ0) is 15.3. The Labute approximate surface area is 115 Å². The molecule has 0 saturated carbocycles. The van der Waals surface area contributed by atoms with Gasteiger partial charge < -0.3 is 5.11 Å². The summed E-state index contributed by atoms with van der Waals surface area (Å²) >= 11 is 0. The average Bonchev–Trinajstić information content (AvgIpc) is 2.36. The molecule has 2 N–H and O–H groups in total. The molecule has 0 aromatic heterocycles. The van der Waals surface area contributed by atoms with Crippen molar-refractivity contribution in [2.75, 3.05) is 5.75 Å². The lowest BCUT2D eigenvalue weighted by atomic mass is 10.1.